The van der Waals surface area contributed by atoms with Crippen molar-refractivity contribution >= 4 is 13.8 Å². The lowest BCUT2D eigenvalue weighted by Crippen LogP contribution is -1.93. The van der Waals surface area contributed by atoms with Crippen molar-refractivity contribution in [1.29, 1.82) is 0 Å². The molecule has 0 saturated heterocycles. The van der Waals surface area contributed by atoms with E-state index < -0.39 is 7.60 Å². The second-order valence-corrected chi connectivity index (χ2v) is 5.00. The first-order valence-electron chi connectivity index (χ1n) is 5.14. The predicted molar refractivity (Wildman–Crippen MR) is 63.6 cm³/mol. The van der Waals surface area contributed by atoms with Crippen LogP contribution >= 0.6 is 7.60 Å². The van der Waals surface area contributed by atoms with E-state index in [-0.39, 0.29) is 6.04 Å². The molecular formula is C10H20NO3P. The lowest BCUT2D eigenvalue weighted by molar-refractivity contribution is 0.229. The van der Waals surface area contributed by atoms with Gasteiger partial charge < -0.3 is 9.05 Å². The van der Waals surface area contributed by atoms with Crippen molar-refractivity contribution < 1.29 is 13.6 Å². The summed E-state index contributed by atoms with van der Waals surface area (Å²) in [5, 5.41) is 0. The van der Waals surface area contributed by atoms with Crippen molar-refractivity contribution in [2.24, 2.45) is 4.99 Å². The van der Waals surface area contributed by atoms with Crippen molar-refractivity contribution in [3.8, 4) is 0 Å². The summed E-state index contributed by atoms with van der Waals surface area (Å²) in [4.78, 5) is 4.10. The molecule has 0 saturated carbocycles. The van der Waals surface area contributed by atoms with Gasteiger partial charge >= 0.3 is 7.60 Å². The summed E-state index contributed by atoms with van der Waals surface area (Å²) in [5.74, 6) is 1.44. The summed E-state index contributed by atoms with van der Waals surface area (Å²) < 4.78 is 22.0. The third-order valence-corrected chi connectivity index (χ3v) is 3.13. The molecule has 0 bridgehead atoms. The molecule has 0 spiro atoms. The molecule has 0 aliphatic carbocycles. The summed E-state index contributed by atoms with van der Waals surface area (Å²) in [5.41, 5.74) is 0. The van der Waals surface area contributed by atoms with Crippen LogP contribution in [-0.2, 0) is 13.6 Å². The minimum absolute atomic E-state index is 0.230. The van der Waals surface area contributed by atoms with Gasteiger partial charge in [-0.25, -0.2) is 0 Å². The molecule has 0 rings (SSSR count). The zero-order valence-electron chi connectivity index (χ0n) is 9.84. The molecular weight excluding hydrogens is 213 g/mol. The fourth-order valence-electron chi connectivity index (χ4n) is 0.849. The Hall–Kier alpha value is -0.440. The van der Waals surface area contributed by atoms with E-state index in [1.807, 2.05) is 13.8 Å². The van der Waals surface area contributed by atoms with E-state index in [2.05, 4.69) is 4.99 Å². The zero-order valence-corrected chi connectivity index (χ0v) is 10.7. The van der Waals surface area contributed by atoms with E-state index >= 15 is 0 Å². The topological polar surface area (TPSA) is 47.9 Å². The SMILES string of the molecule is CCOP(=O)(/C=C/C=NC(C)C)OCC. The normalized spacial score (nSPS) is 13.4. The Morgan fingerprint density at radius 2 is 1.80 bits per heavy atom. The number of nitrogens with zero attached hydrogens (tertiary/aromatic N) is 1. The van der Waals surface area contributed by atoms with Gasteiger partial charge in [0.25, 0.3) is 0 Å². The van der Waals surface area contributed by atoms with Gasteiger partial charge in [0.05, 0.1) is 13.2 Å². The van der Waals surface area contributed by atoms with Crippen LogP contribution in [0.1, 0.15) is 27.7 Å². The number of rotatable bonds is 7. The molecule has 0 atom stereocenters. The fraction of sp³-hybridized carbons (Fsp3) is 0.700. The van der Waals surface area contributed by atoms with Crippen LogP contribution in [0.2, 0.25) is 0 Å². The first-order valence-corrected chi connectivity index (χ1v) is 6.75. The number of hydrogen-bond donors (Lipinski definition) is 0. The molecule has 0 fully saturated rings. The molecule has 4 nitrogen and oxygen atoms in total. The van der Waals surface area contributed by atoms with Crippen LogP contribution in [0, 0.1) is 0 Å². The Kier molecular flexibility index (Phi) is 7.57. The van der Waals surface area contributed by atoms with Crippen LogP contribution in [0.25, 0.3) is 0 Å². The van der Waals surface area contributed by atoms with Crippen molar-refractivity contribution in [3.63, 3.8) is 0 Å². The highest BCUT2D eigenvalue weighted by Gasteiger charge is 2.18. The summed E-state index contributed by atoms with van der Waals surface area (Å²) in [6, 6.07) is 0.230. The molecule has 0 amide bonds. The van der Waals surface area contributed by atoms with Crippen molar-refractivity contribution in [2.45, 2.75) is 33.7 Å². The first kappa shape index (κ1) is 14.6. The summed E-state index contributed by atoms with van der Waals surface area (Å²) in [6.45, 7) is 8.22. The average molecular weight is 233 g/mol. The molecule has 0 aromatic rings. The Labute approximate surface area is 91.9 Å². The minimum atomic E-state index is -3.05. The number of allylic oxidation sites excluding steroid dienone is 1. The van der Waals surface area contributed by atoms with Gasteiger partial charge in [0.2, 0.25) is 0 Å². The third-order valence-electron chi connectivity index (χ3n) is 1.36. The smallest absolute Gasteiger partial charge is 0.306 e. The Morgan fingerprint density at radius 3 is 2.20 bits per heavy atom. The average Bonchev–Trinajstić information content (AvgIpc) is 2.13. The van der Waals surface area contributed by atoms with E-state index in [1.54, 1.807) is 26.1 Å². The third kappa shape index (κ3) is 7.48. The Balaban J connectivity index is 4.34. The van der Waals surface area contributed by atoms with Crippen LogP contribution < -0.4 is 0 Å². The van der Waals surface area contributed by atoms with Gasteiger partial charge in [0.15, 0.2) is 0 Å². The van der Waals surface area contributed by atoms with Gasteiger partial charge in [-0.3, -0.25) is 9.56 Å². The number of aliphatic imine (C=N–C) groups is 1. The van der Waals surface area contributed by atoms with Crippen LogP contribution in [0.3, 0.4) is 0 Å². The monoisotopic (exact) mass is 233 g/mol. The second-order valence-electron chi connectivity index (χ2n) is 3.11. The van der Waals surface area contributed by atoms with E-state index in [0.29, 0.717) is 13.2 Å². The van der Waals surface area contributed by atoms with Gasteiger partial charge in [-0.1, -0.05) is 0 Å². The maximum absolute atomic E-state index is 11.9. The van der Waals surface area contributed by atoms with Gasteiger partial charge in [-0.15, -0.1) is 0 Å². The first-order chi connectivity index (χ1) is 7.04. The summed E-state index contributed by atoms with van der Waals surface area (Å²) >= 11 is 0. The maximum atomic E-state index is 11.9. The lowest BCUT2D eigenvalue weighted by atomic mass is 10.4. The van der Waals surface area contributed by atoms with Gasteiger partial charge in [0.1, 0.15) is 0 Å². The summed E-state index contributed by atoms with van der Waals surface area (Å²) in [6.07, 6.45) is 3.21. The molecule has 5 heteroatoms. The highest BCUT2D eigenvalue weighted by Crippen LogP contribution is 2.49. The highest BCUT2D eigenvalue weighted by molar-refractivity contribution is 7.57. The molecule has 0 unspecified atom stereocenters. The van der Waals surface area contributed by atoms with Crippen LogP contribution in [0.15, 0.2) is 16.9 Å². The number of hydrogen-bond acceptors (Lipinski definition) is 4. The largest absolute Gasteiger partial charge is 0.354 e. The van der Waals surface area contributed by atoms with Gasteiger partial charge in [-0.2, -0.15) is 0 Å². The van der Waals surface area contributed by atoms with E-state index in [4.69, 9.17) is 9.05 Å². The Morgan fingerprint density at radius 1 is 1.27 bits per heavy atom. The fourth-order valence-corrected chi connectivity index (χ4v) is 2.10. The second kappa shape index (κ2) is 7.80. The van der Waals surface area contributed by atoms with Crippen molar-refractivity contribution in [2.75, 3.05) is 13.2 Å². The molecule has 0 aliphatic heterocycles. The quantitative estimate of drug-likeness (QED) is 0.501. The molecule has 0 heterocycles. The molecule has 15 heavy (non-hydrogen) atoms. The standard InChI is InChI=1S/C10H20NO3P/c1-5-13-15(12,14-6-2)9-7-8-11-10(3)4/h7-10H,5-6H2,1-4H3/b9-7+,11-8?. The molecule has 88 valence electrons. The van der Waals surface area contributed by atoms with E-state index in [9.17, 15) is 4.57 Å². The zero-order chi connectivity index (χ0) is 11.7. The molecule has 0 radical (unpaired) electrons. The Bertz CT molecular complexity index is 251. The van der Waals surface area contributed by atoms with Crippen molar-refractivity contribution in [3.05, 3.63) is 11.9 Å². The van der Waals surface area contributed by atoms with Crippen LogP contribution in [0.5, 0.6) is 0 Å². The van der Waals surface area contributed by atoms with E-state index in [1.165, 1.54) is 5.82 Å². The van der Waals surface area contributed by atoms with Crippen LogP contribution in [0.4, 0.5) is 0 Å². The van der Waals surface area contributed by atoms with Gasteiger partial charge in [0, 0.05) is 18.1 Å². The van der Waals surface area contributed by atoms with E-state index in [0.717, 1.165) is 0 Å². The lowest BCUT2D eigenvalue weighted by Gasteiger charge is -2.11. The summed E-state index contributed by atoms with van der Waals surface area (Å²) in [7, 11) is -3.05. The molecule has 0 aromatic heterocycles. The molecule has 0 aromatic carbocycles. The minimum Gasteiger partial charge on any atom is -0.306 e. The highest BCUT2D eigenvalue weighted by atomic mass is 31.2. The molecule has 0 N–H and O–H groups in total. The van der Waals surface area contributed by atoms with Crippen LogP contribution in [-0.4, -0.2) is 25.5 Å². The van der Waals surface area contributed by atoms with Crippen molar-refractivity contribution in [1.82, 2.24) is 0 Å². The molecule has 0 aliphatic rings. The van der Waals surface area contributed by atoms with Gasteiger partial charge in [-0.05, 0) is 33.8 Å². The predicted octanol–water partition coefficient (Wildman–Crippen LogP) is 3.25. The maximum Gasteiger partial charge on any atom is 0.354 e.